The van der Waals surface area contributed by atoms with Crippen LogP contribution in [0.15, 0.2) is 53.4 Å². The molecule has 9 heteroatoms. The van der Waals surface area contributed by atoms with Crippen LogP contribution in [0.2, 0.25) is 0 Å². The Kier molecular flexibility index (Phi) is 8.38. The Morgan fingerprint density at radius 3 is 1.84 bits per heavy atom. The van der Waals surface area contributed by atoms with Crippen molar-refractivity contribution in [3.63, 3.8) is 0 Å². The first-order valence-corrected chi connectivity index (χ1v) is 12.9. The minimum atomic E-state index is -4.05. The van der Waals surface area contributed by atoms with Crippen LogP contribution in [0.5, 0.6) is 23.0 Å². The SMILES string of the molecule is COc1cc(/C=C\c2ccc(F)c(OC)c2NS(=O)(=O)c2ccc(C(C)(C)C)cc2)cc(OC)c1OC. The molecule has 0 unspecified atom stereocenters. The van der Waals surface area contributed by atoms with Gasteiger partial charge in [-0.15, -0.1) is 0 Å². The molecule has 0 amide bonds. The number of halogens is 1. The van der Waals surface area contributed by atoms with E-state index in [1.54, 1.807) is 36.4 Å². The van der Waals surface area contributed by atoms with Crippen molar-refractivity contribution in [1.29, 1.82) is 0 Å². The standard InChI is InChI=1S/C28H32FNO6S/c1-28(2,3)20-11-13-21(14-12-20)37(31,32)30-25-19(10-15-22(29)26(25)35-6)9-8-18-16-23(33-4)27(36-7)24(17-18)34-5/h8-17,30H,1-7H3/b9-8-. The molecule has 0 saturated carbocycles. The first-order chi connectivity index (χ1) is 17.4. The van der Waals surface area contributed by atoms with Crippen LogP contribution >= 0.6 is 0 Å². The highest BCUT2D eigenvalue weighted by molar-refractivity contribution is 7.92. The van der Waals surface area contributed by atoms with Crippen LogP contribution in [0, 0.1) is 5.82 Å². The maximum atomic E-state index is 14.6. The monoisotopic (exact) mass is 529 g/mol. The Morgan fingerprint density at radius 1 is 0.784 bits per heavy atom. The van der Waals surface area contributed by atoms with Crippen molar-refractivity contribution in [3.05, 3.63) is 71.0 Å². The number of nitrogens with one attached hydrogen (secondary N) is 1. The van der Waals surface area contributed by atoms with Gasteiger partial charge in [0.15, 0.2) is 23.1 Å². The van der Waals surface area contributed by atoms with Gasteiger partial charge in [0.1, 0.15) is 5.69 Å². The number of hydrogen-bond acceptors (Lipinski definition) is 6. The zero-order valence-electron chi connectivity index (χ0n) is 22.0. The molecule has 3 aromatic carbocycles. The van der Waals surface area contributed by atoms with Gasteiger partial charge in [0.25, 0.3) is 10.0 Å². The van der Waals surface area contributed by atoms with Crippen LogP contribution in [-0.4, -0.2) is 36.9 Å². The second-order valence-corrected chi connectivity index (χ2v) is 10.9. The average molecular weight is 530 g/mol. The summed E-state index contributed by atoms with van der Waals surface area (Å²) in [6.07, 6.45) is 3.36. The third kappa shape index (κ3) is 6.17. The Morgan fingerprint density at radius 2 is 1.35 bits per heavy atom. The lowest BCUT2D eigenvalue weighted by Crippen LogP contribution is -2.16. The molecule has 0 atom stereocenters. The highest BCUT2D eigenvalue weighted by Gasteiger charge is 2.22. The molecule has 198 valence electrons. The van der Waals surface area contributed by atoms with Crippen molar-refractivity contribution >= 4 is 27.9 Å². The van der Waals surface area contributed by atoms with Gasteiger partial charge in [0, 0.05) is 5.56 Å². The van der Waals surface area contributed by atoms with E-state index in [-0.39, 0.29) is 21.7 Å². The quantitative estimate of drug-likeness (QED) is 0.336. The van der Waals surface area contributed by atoms with E-state index >= 15 is 0 Å². The van der Waals surface area contributed by atoms with Gasteiger partial charge in [-0.2, -0.15) is 0 Å². The van der Waals surface area contributed by atoms with Crippen LogP contribution < -0.4 is 23.7 Å². The summed E-state index contributed by atoms with van der Waals surface area (Å²) in [5, 5.41) is 0. The minimum Gasteiger partial charge on any atom is -0.493 e. The van der Waals surface area contributed by atoms with E-state index in [2.05, 4.69) is 4.72 Å². The molecule has 0 aliphatic carbocycles. The number of methoxy groups -OCH3 is 4. The average Bonchev–Trinajstić information content (AvgIpc) is 2.87. The highest BCUT2D eigenvalue weighted by atomic mass is 32.2. The van der Waals surface area contributed by atoms with E-state index in [1.165, 1.54) is 52.7 Å². The van der Waals surface area contributed by atoms with Crippen molar-refractivity contribution in [2.45, 2.75) is 31.1 Å². The van der Waals surface area contributed by atoms with Crippen LogP contribution in [0.25, 0.3) is 12.2 Å². The summed E-state index contributed by atoms with van der Waals surface area (Å²) in [6.45, 7) is 6.12. The van der Waals surface area contributed by atoms with E-state index in [4.69, 9.17) is 18.9 Å². The van der Waals surface area contributed by atoms with Crippen LogP contribution in [0.4, 0.5) is 10.1 Å². The fraction of sp³-hybridized carbons (Fsp3) is 0.286. The van der Waals surface area contributed by atoms with E-state index in [0.717, 1.165) is 5.56 Å². The molecule has 0 spiro atoms. The molecule has 7 nitrogen and oxygen atoms in total. The predicted molar refractivity (Wildman–Crippen MR) is 144 cm³/mol. The van der Waals surface area contributed by atoms with Crippen LogP contribution in [0.1, 0.15) is 37.5 Å². The van der Waals surface area contributed by atoms with Crippen LogP contribution in [-0.2, 0) is 15.4 Å². The van der Waals surface area contributed by atoms with E-state index in [9.17, 15) is 12.8 Å². The molecule has 0 radical (unpaired) electrons. The molecule has 0 heterocycles. The lowest BCUT2D eigenvalue weighted by Gasteiger charge is -2.19. The fourth-order valence-electron chi connectivity index (χ4n) is 3.73. The third-order valence-corrected chi connectivity index (χ3v) is 7.12. The summed E-state index contributed by atoms with van der Waals surface area (Å²) in [5.74, 6) is 0.433. The Labute approximate surface area is 217 Å². The van der Waals surface area contributed by atoms with E-state index in [0.29, 0.717) is 28.4 Å². The summed E-state index contributed by atoms with van der Waals surface area (Å²) in [6, 6.07) is 12.7. The number of anilines is 1. The number of sulfonamides is 1. The van der Waals surface area contributed by atoms with Gasteiger partial charge >= 0.3 is 0 Å². The van der Waals surface area contributed by atoms with Gasteiger partial charge < -0.3 is 18.9 Å². The zero-order chi connectivity index (χ0) is 27.4. The highest BCUT2D eigenvalue weighted by Crippen LogP contribution is 2.39. The zero-order valence-corrected chi connectivity index (χ0v) is 22.8. The lowest BCUT2D eigenvalue weighted by molar-refractivity contribution is 0.324. The van der Waals surface area contributed by atoms with Gasteiger partial charge in [-0.3, -0.25) is 4.72 Å². The first-order valence-electron chi connectivity index (χ1n) is 11.4. The third-order valence-electron chi connectivity index (χ3n) is 5.76. The van der Waals surface area contributed by atoms with Crippen molar-refractivity contribution in [2.24, 2.45) is 0 Å². The second kappa shape index (κ2) is 11.1. The number of benzene rings is 3. The maximum Gasteiger partial charge on any atom is 0.262 e. The molecule has 0 aliphatic heterocycles. The molecule has 1 N–H and O–H groups in total. The molecule has 0 bridgehead atoms. The Hall–Kier alpha value is -3.72. The topological polar surface area (TPSA) is 83.1 Å². The fourth-order valence-corrected chi connectivity index (χ4v) is 4.82. The number of ether oxygens (including phenoxy) is 4. The summed E-state index contributed by atoms with van der Waals surface area (Å²) in [5.41, 5.74) is 1.91. The molecular formula is C28H32FNO6S. The number of rotatable bonds is 9. The largest absolute Gasteiger partial charge is 0.493 e. The summed E-state index contributed by atoms with van der Waals surface area (Å²) in [7, 11) is 1.76. The normalized spacial score (nSPS) is 11.9. The molecule has 37 heavy (non-hydrogen) atoms. The number of hydrogen-bond donors (Lipinski definition) is 1. The van der Waals surface area contributed by atoms with Gasteiger partial charge in [-0.05, 0) is 52.9 Å². The smallest absolute Gasteiger partial charge is 0.262 e. The van der Waals surface area contributed by atoms with Gasteiger partial charge in [-0.25, -0.2) is 12.8 Å². The molecule has 0 fully saturated rings. The van der Waals surface area contributed by atoms with Crippen LogP contribution in [0.3, 0.4) is 0 Å². The molecule has 0 aliphatic rings. The molecule has 3 aromatic rings. The maximum absolute atomic E-state index is 14.6. The van der Waals surface area contributed by atoms with Crippen molar-refractivity contribution in [3.8, 4) is 23.0 Å². The lowest BCUT2D eigenvalue weighted by atomic mass is 9.87. The minimum absolute atomic E-state index is 0.0221. The van der Waals surface area contributed by atoms with Crippen molar-refractivity contribution < 1.29 is 31.8 Å². The first kappa shape index (κ1) is 27.9. The van der Waals surface area contributed by atoms with Crippen molar-refractivity contribution in [2.75, 3.05) is 33.2 Å². The molecular weight excluding hydrogens is 497 g/mol. The second-order valence-electron chi connectivity index (χ2n) is 9.22. The molecule has 3 rings (SSSR count). The summed E-state index contributed by atoms with van der Waals surface area (Å²) >= 11 is 0. The molecule has 0 aromatic heterocycles. The van der Waals surface area contributed by atoms with E-state index < -0.39 is 15.8 Å². The summed E-state index contributed by atoms with van der Waals surface area (Å²) in [4.78, 5) is 0.0476. The van der Waals surface area contributed by atoms with Gasteiger partial charge in [0.05, 0.1) is 33.3 Å². The Bertz CT molecular complexity index is 1370. The van der Waals surface area contributed by atoms with Gasteiger partial charge in [-0.1, -0.05) is 45.1 Å². The molecule has 0 saturated heterocycles. The van der Waals surface area contributed by atoms with Crippen molar-refractivity contribution in [1.82, 2.24) is 0 Å². The predicted octanol–water partition coefficient (Wildman–Crippen LogP) is 6.13. The summed E-state index contributed by atoms with van der Waals surface area (Å²) < 4.78 is 65.0. The Balaban J connectivity index is 2.04. The van der Waals surface area contributed by atoms with Gasteiger partial charge in [0.2, 0.25) is 5.75 Å². The van der Waals surface area contributed by atoms with E-state index in [1.807, 2.05) is 20.8 Å².